The van der Waals surface area contributed by atoms with Crippen LogP contribution in [0.3, 0.4) is 0 Å². The number of aryl methyl sites for hydroxylation is 1. The zero-order valence-electron chi connectivity index (χ0n) is 14.7. The van der Waals surface area contributed by atoms with Crippen molar-refractivity contribution in [1.29, 1.82) is 0 Å². The largest absolute Gasteiger partial charge is 0.507 e. The molecular weight excluding hydrogens is 442 g/mol. The number of carbonyl (C=O) groups excluding carboxylic acids is 2. The molecule has 0 aliphatic rings. The molecule has 0 bridgehead atoms. The number of benzene rings is 3. The Balaban J connectivity index is 1.62. The van der Waals surface area contributed by atoms with Crippen molar-refractivity contribution in [3.8, 4) is 5.75 Å². The second-order valence-electron chi connectivity index (χ2n) is 6.04. The summed E-state index contributed by atoms with van der Waals surface area (Å²) in [6.07, 6.45) is 0. The fourth-order valence-electron chi connectivity index (χ4n) is 2.53. The van der Waals surface area contributed by atoms with Gasteiger partial charge in [-0.2, -0.15) is 0 Å². The molecule has 142 valence electrons. The van der Waals surface area contributed by atoms with Gasteiger partial charge in [0.1, 0.15) is 5.75 Å². The Morgan fingerprint density at radius 3 is 2.32 bits per heavy atom. The van der Waals surface area contributed by atoms with E-state index in [1.165, 1.54) is 6.07 Å². The van der Waals surface area contributed by atoms with Gasteiger partial charge < -0.3 is 5.11 Å². The Morgan fingerprint density at radius 2 is 1.64 bits per heavy atom. The van der Waals surface area contributed by atoms with Gasteiger partial charge in [0, 0.05) is 10.0 Å². The minimum Gasteiger partial charge on any atom is -0.507 e. The van der Waals surface area contributed by atoms with Crippen LogP contribution in [-0.2, 0) is 0 Å². The highest BCUT2D eigenvalue weighted by atomic mass is 79.9. The summed E-state index contributed by atoms with van der Waals surface area (Å²) in [5, 5.41) is 14.1. The van der Waals surface area contributed by atoms with E-state index in [2.05, 4.69) is 32.1 Å². The Bertz CT molecular complexity index is 1100. The number of phenolic OH excluding ortho intramolecular Hbond substituents is 1. The minimum absolute atomic E-state index is 0.0738. The van der Waals surface area contributed by atoms with Crippen LogP contribution in [0, 0.1) is 6.92 Å². The second-order valence-corrected chi connectivity index (χ2v) is 7.31. The maximum absolute atomic E-state index is 12.3. The molecule has 0 atom stereocenters. The number of nitrogens with one attached hydrogen (secondary N) is 3. The normalized spacial score (nSPS) is 10.4. The highest BCUT2D eigenvalue weighted by Crippen LogP contribution is 2.24. The zero-order valence-corrected chi connectivity index (χ0v) is 17.1. The monoisotopic (exact) mass is 457 g/mol. The van der Waals surface area contributed by atoms with Crippen LogP contribution in [0.2, 0.25) is 0 Å². The molecule has 28 heavy (non-hydrogen) atoms. The summed E-state index contributed by atoms with van der Waals surface area (Å²) >= 11 is 8.41. The average Bonchev–Trinajstić information content (AvgIpc) is 2.67. The van der Waals surface area contributed by atoms with E-state index in [9.17, 15) is 14.7 Å². The Labute approximate surface area is 175 Å². The van der Waals surface area contributed by atoms with Gasteiger partial charge in [0.2, 0.25) is 0 Å². The Hall–Kier alpha value is -2.97. The average molecular weight is 458 g/mol. The summed E-state index contributed by atoms with van der Waals surface area (Å²) in [5.74, 6) is -1.16. The van der Waals surface area contributed by atoms with Crippen LogP contribution in [0.4, 0.5) is 0 Å². The van der Waals surface area contributed by atoms with Crippen LogP contribution in [-0.4, -0.2) is 22.0 Å². The quantitative estimate of drug-likeness (QED) is 0.348. The number of hydrogen-bond acceptors (Lipinski definition) is 4. The summed E-state index contributed by atoms with van der Waals surface area (Å²) in [6, 6.07) is 15.6. The van der Waals surface area contributed by atoms with Crippen LogP contribution in [0.25, 0.3) is 10.8 Å². The number of hydrogen-bond donors (Lipinski definition) is 4. The molecule has 0 heterocycles. The summed E-state index contributed by atoms with van der Waals surface area (Å²) in [5.41, 5.74) is 6.33. The number of thiocarbonyl (C=S) groups is 1. The predicted molar refractivity (Wildman–Crippen MR) is 115 cm³/mol. The number of rotatable bonds is 2. The van der Waals surface area contributed by atoms with E-state index >= 15 is 0 Å². The summed E-state index contributed by atoms with van der Waals surface area (Å²) in [4.78, 5) is 24.6. The van der Waals surface area contributed by atoms with Crippen LogP contribution in [0.1, 0.15) is 26.3 Å². The van der Waals surface area contributed by atoms with Gasteiger partial charge >= 0.3 is 0 Å². The first-order valence-electron chi connectivity index (χ1n) is 8.25. The maximum atomic E-state index is 12.3. The first kappa shape index (κ1) is 19.8. The summed E-state index contributed by atoms with van der Waals surface area (Å²) in [7, 11) is 0. The molecule has 0 saturated heterocycles. The lowest BCUT2D eigenvalue weighted by molar-refractivity contribution is 0.0932. The van der Waals surface area contributed by atoms with Crippen molar-refractivity contribution >= 4 is 55.8 Å². The molecule has 0 aliphatic carbocycles. The fraction of sp³-hybridized carbons (Fsp3) is 0.0500. The van der Waals surface area contributed by atoms with Crippen molar-refractivity contribution in [3.63, 3.8) is 0 Å². The van der Waals surface area contributed by atoms with E-state index in [0.29, 0.717) is 5.56 Å². The first-order chi connectivity index (χ1) is 13.3. The smallest absolute Gasteiger partial charge is 0.273 e. The van der Waals surface area contributed by atoms with E-state index in [0.717, 1.165) is 20.8 Å². The van der Waals surface area contributed by atoms with Crippen LogP contribution in [0.15, 0.2) is 59.1 Å². The molecule has 0 aromatic heterocycles. The number of aromatic hydroxyl groups is 1. The van der Waals surface area contributed by atoms with Crippen molar-refractivity contribution in [1.82, 2.24) is 16.2 Å². The number of amides is 2. The van der Waals surface area contributed by atoms with Gasteiger partial charge in [-0.15, -0.1) is 0 Å². The van der Waals surface area contributed by atoms with Gasteiger partial charge in [0.25, 0.3) is 11.8 Å². The molecule has 0 aliphatic heterocycles. The standard InChI is InChI=1S/C20H16BrN3O3S/c1-11-6-7-14(9-16(11)21)18(26)22-20(28)24-23-19(27)15-8-12-4-2-3-5-13(12)10-17(15)25/h2-10,25H,1H3,(H,23,27)(H2,22,24,26,28). The Morgan fingerprint density at radius 1 is 0.964 bits per heavy atom. The lowest BCUT2D eigenvalue weighted by Crippen LogP contribution is -2.48. The first-order valence-corrected chi connectivity index (χ1v) is 9.45. The molecule has 0 fully saturated rings. The van der Waals surface area contributed by atoms with Gasteiger partial charge in [-0.3, -0.25) is 25.8 Å². The maximum Gasteiger partial charge on any atom is 0.273 e. The minimum atomic E-state index is -0.585. The van der Waals surface area contributed by atoms with E-state index < -0.39 is 11.8 Å². The molecule has 0 saturated carbocycles. The lowest BCUT2D eigenvalue weighted by atomic mass is 10.1. The highest BCUT2D eigenvalue weighted by Gasteiger charge is 2.14. The van der Waals surface area contributed by atoms with Crippen LogP contribution in [0.5, 0.6) is 5.75 Å². The molecule has 0 unspecified atom stereocenters. The third-order valence-corrected chi connectivity index (χ3v) is 5.12. The van der Waals surface area contributed by atoms with Crippen LogP contribution < -0.4 is 16.2 Å². The number of hydrazine groups is 1. The molecule has 3 aromatic carbocycles. The van der Waals surface area contributed by atoms with Gasteiger partial charge in [-0.1, -0.05) is 46.3 Å². The molecular formula is C20H16BrN3O3S. The SMILES string of the molecule is Cc1ccc(C(=O)NC(=S)NNC(=O)c2cc3ccccc3cc2O)cc1Br. The summed E-state index contributed by atoms with van der Waals surface area (Å²) in [6.45, 7) is 1.91. The molecule has 0 spiro atoms. The Kier molecular flexibility index (Phi) is 5.91. The van der Waals surface area contributed by atoms with Crippen molar-refractivity contribution in [2.45, 2.75) is 6.92 Å². The fourth-order valence-corrected chi connectivity index (χ4v) is 3.05. The predicted octanol–water partition coefficient (Wildman–Crippen LogP) is 3.57. The van der Waals surface area contributed by atoms with Crippen molar-refractivity contribution in [2.24, 2.45) is 0 Å². The van der Waals surface area contributed by atoms with E-state index in [1.807, 2.05) is 31.2 Å². The molecule has 6 nitrogen and oxygen atoms in total. The number of halogens is 1. The second kappa shape index (κ2) is 8.37. The van der Waals surface area contributed by atoms with E-state index in [-0.39, 0.29) is 16.4 Å². The van der Waals surface area contributed by atoms with Gasteiger partial charge in [-0.05, 0) is 59.7 Å². The number of carbonyl (C=O) groups is 2. The topological polar surface area (TPSA) is 90.5 Å². The van der Waals surface area contributed by atoms with Gasteiger partial charge in [0.15, 0.2) is 5.11 Å². The third-order valence-electron chi connectivity index (χ3n) is 4.06. The molecule has 0 radical (unpaired) electrons. The van der Waals surface area contributed by atoms with Gasteiger partial charge in [0.05, 0.1) is 5.56 Å². The third kappa shape index (κ3) is 4.47. The molecule has 8 heteroatoms. The molecule has 4 N–H and O–H groups in total. The molecule has 3 rings (SSSR count). The molecule has 3 aromatic rings. The van der Waals surface area contributed by atoms with E-state index in [1.54, 1.807) is 24.3 Å². The number of fused-ring (bicyclic) bond motifs is 1. The van der Waals surface area contributed by atoms with Crippen molar-refractivity contribution in [2.75, 3.05) is 0 Å². The van der Waals surface area contributed by atoms with Gasteiger partial charge in [-0.25, -0.2) is 0 Å². The zero-order chi connectivity index (χ0) is 20.3. The number of phenols is 1. The highest BCUT2D eigenvalue weighted by molar-refractivity contribution is 9.10. The van der Waals surface area contributed by atoms with Crippen molar-refractivity contribution in [3.05, 3.63) is 75.8 Å². The lowest BCUT2D eigenvalue weighted by Gasteiger charge is -2.12. The van der Waals surface area contributed by atoms with Crippen LogP contribution >= 0.6 is 28.1 Å². The summed E-state index contributed by atoms with van der Waals surface area (Å²) < 4.78 is 0.805. The van der Waals surface area contributed by atoms with Crippen molar-refractivity contribution < 1.29 is 14.7 Å². The molecule has 2 amide bonds. The van der Waals surface area contributed by atoms with E-state index in [4.69, 9.17) is 12.2 Å².